The van der Waals surface area contributed by atoms with Crippen molar-refractivity contribution < 1.29 is 22.4 Å². The molecule has 1 nitrogen and oxygen atoms in total. The van der Waals surface area contributed by atoms with Gasteiger partial charge in [0.05, 0.1) is 0 Å². The van der Waals surface area contributed by atoms with Gasteiger partial charge in [-0.3, -0.25) is 4.79 Å². The van der Waals surface area contributed by atoms with E-state index in [1.807, 2.05) is 0 Å². The van der Waals surface area contributed by atoms with E-state index in [2.05, 4.69) is 0 Å². The largest absolute Gasteiger partial charge is 0.454 e. The first kappa shape index (κ1) is 10.7. The molecule has 14 heavy (non-hydrogen) atoms. The number of hydrogen-bond acceptors (Lipinski definition) is 1. The van der Waals surface area contributed by atoms with E-state index in [0.29, 0.717) is 0 Å². The van der Waals surface area contributed by atoms with Crippen LogP contribution in [0.2, 0.25) is 0 Å². The minimum Gasteiger partial charge on any atom is -0.284 e. The zero-order valence-corrected chi connectivity index (χ0v) is 7.15. The molecule has 76 valence electrons. The molecule has 0 saturated carbocycles. The molecule has 0 atom stereocenters. The van der Waals surface area contributed by atoms with E-state index in [1.165, 1.54) is 6.92 Å². The fourth-order valence-corrected chi connectivity index (χ4v) is 1.03. The molecule has 0 spiro atoms. The summed E-state index contributed by atoms with van der Waals surface area (Å²) in [5.74, 6) is -2.61. The van der Waals surface area contributed by atoms with Crippen LogP contribution >= 0.6 is 0 Å². The van der Waals surface area contributed by atoms with E-state index in [4.69, 9.17) is 0 Å². The molecule has 0 radical (unpaired) electrons. The molecule has 0 heterocycles. The van der Waals surface area contributed by atoms with Crippen LogP contribution in [0.1, 0.15) is 15.9 Å². The van der Waals surface area contributed by atoms with Crippen LogP contribution in [0.3, 0.4) is 0 Å². The predicted molar refractivity (Wildman–Crippen MR) is 41.5 cm³/mol. The van der Waals surface area contributed by atoms with Crippen molar-refractivity contribution in [3.05, 3.63) is 35.1 Å². The van der Waals surface area contributed by atoms with Crippen LogP contribution in [0, 0.1) is 12.7 Å². The molecule has 0 aliphatic heterocycles. The van der Waals surface area contributed by atoms with Gasteiger partial charge in [-0.2, -0.15) is 13.2 Å². The number of rotatable bonds is 1. The number of hydrogen-bond donors (Lipinski definition) is 0. The predicted octanol–water partition coefficient (Wildman–Crippen LogP) is 2.88. The van der Waals surface area contributed by atoms with Gasteiger partial charge in [0.15, 0.2) is 0 Å². The lowest BCUT2D eigenvalue weighted by atomic mass is 10.0. The van der Waals surface area contributed by atoms with Crippen molar-refractivity contribution in [2.75, 3.05) is 0 Å². The molecule has 5 heteroatoms. The molecule has 0 aromatic heterocycles. The number of benzene rings is 1. The Morgan fingerprint density at radius 2 is 1.86 bits per heavy atom. The van der Waals surface area contributed by atoms with Gasteiger partial charge in [0, 0.05) is 5.56 Å². The Bertz CT molecular complexity index is 368. The molecule has 0 fully saturated rings. The van der Waals surface area contributed by atoms with Gasteiger partial charge in [0.2, 0.25) is 0 Å². The maximum Gasteiger partial charge on any atom is 0.454 e. The third-order valence-corrected chi connectivity index (χ3v) is 1.69. The van der Waals surface area contributed by atoms with Crippen molar-refractivity contribution in [3.63, 3.8) is 0 Å². The highest BCUT2D eigenvalue weighted by Gasteiger charge is 2.39. The highest BCUT2D eigenvalue weighted by Crippen LogP contribution is 2.23. The first-order valence-electron chi connectivity index (χ1n) is 3.70. The summed E-state index contributed by atoms with van der Waals surface area (Å²) >= 11 is 0. The second-order valence-corrected chi connectivity index (χ2v) is 2.79. The first-order valence-corrected chi connectivity index (χ1v) is 3.70. The molecule has 0 amide bonds. The first-order chi connectivity index (χ1) is 6.32. The van der Waals surface area contributed by atoms with E-state index >= 15 is 0 Å². The molecular weight excluding hydrogens is 200 g/mol. The summed E-state index contributed by atoms with van der Waals surface area (Å²) in [6, 6.07) is 2.55. The van der Waals surface area contributed by atoms with Crippen LogP contribution in [0.5, 0.6) is 0 Å². The van der Waals surface area contributed by atoms with Gasteiger partial charge in [0.25, 0.3) is 5.78 Å². The number of carbonyl (C=O) groups is 1. The molecule has 0 bridgehead atoms. The van der Waals surface area contributed by atoms with Crippen LogP contribution in [0.25, 0.3) is 0 Å². The lowest BCUT2D eigenvalue weighted by molar-refractivity contribution is -0.0885. The van der Waals surface area contributed by atoms with Gasteiger partial charge >= 0.3 is 6.18 Å². The van der Waals surface area contributed by atoms with E-state index < -0.39 is 23.3 Å². The molecule has 1 aromatic carbocycles. The fourth-order valence-electron chi connectivity index (χ4n) is 1.03. The van der Waals surface area contributed by atoms with E-state index in [1.54, 1.807) is 0 Å². The summed E-state index contributed by atoms with van der Waals surface area (Å²) in [6.45, 7) is 1.25. The Morgan fingerprint density at radius 3 is 2.29 bits per heavy atom. The smallest absolute Gasteiger partial charge is 0.284 e. The third-order valence-electron chi connectivity index (χ3n) is 1.69. The number of Topliss-reactive ketones (excluding diaryl/α,β-unsaturated/α-hetero) is 1. The van der Waals surface area contributed by atoms with E-state index in [-0.39, 0.29) is 5.56 Å². The minimum absolute atomic E-state index is 0.0210. The van der Waals surface area contributed by atoms with Crippen LogP contribution in [-0.4, -0.2) is 12.0 Å². The van der Waals surface area contributed by atoms with Crippen LogP contribution < -0.4 is 0 Å². The molecule has 1 rings (SSSR count). The summed E-state index contributed by atoms with van der Waals surface area (Å²) < 4.78 is 48.4. The zero-order valence-electron chi connectivity index (χ0n) is 7.15. The normalized spacial score (nSPS) is 11.5. The molecule has 1 aromatic rings. The zero-order chi connectivity index (χ0) is 10.9. The number of ketones is 1. The molecule has 0 aliphatic rings. The second-order valence-electron chi connectivity index (χ2n) is 2.79. The molecule has 0 unspecified atom stereocenters. The quantitative estimate of drug-likeness (QED) is 0.510. The summed E-state index contributed by atoms with van der Waals surface area (Å²) in [5.41, 5.74) is -0.536. The van der Waals surface area contributed by atoms with Gasteiger partial charge in [-0.05, 0) is 30.7 Å². The van der Waals surface area contributed by atoms with Crippen molar-refractivity contribution in [1.82, 2.24) is 0 Å². The van der Waals surface area contributed by atoms with Crippen LogP contribution in [0.15, 0.2) is 18.2 Å². The maximum absolute atomic E-state index is 12.5. The lowest BCUT2D eigenvalue weighted by Crippen LogP contribution is -2.23. The molecule has 0 saturated heterocycles. The molecular formula is C9H6F4O. The Morgan fingerprint density at radius 1 is 1.29 bits per heavy atom. The van der Waals surface area contributed by atoms with Gasteiger partial charge in [-0.1, -0.05) is 0 Å². The average Bonchev–Trinajstić information content (AvgIpc) is 2.01. The Balaban J connectivity index is 3.15. The summed E-state index contributed by atoms with van der Waals surface area (Å²) in [7, 11) is 0. The monoisotopic (exact) mass is 206 g/mol. The van der Waals surface area contributed by atoms with Crippen molar-refractivity contribution >= 4 is 5.78 Å². The lowest BCUT2D eigenvalue weighted by Gasteiger charge is -2.07. The Kier molecular flexibility index (Phi) is 2.59. The number of halogens is 4. The topological polar surface area (TPSA) is 17.1 Å². The van der Waals surface area contributed by atoms with Crippen molar-refractivity contribution in [1.29, 1.82) is 0 Å². The maximum atomic E-state index is 12.5. The third kappa shape index (κ3) is 2.10. The van der Waals surface area contributed by atoms with Gasteiger partial charge in [-0.25, -0.2) is 4.39 Å². The standard InChI is InChI=1S/C9H6F4O/c1-5-4-6(10)2-3-7(5)8(14)9(11,12)13/h2-4H,1H3. The van der Waals surface area contributed by atoms with Gasteiger partial charge in [0.1, 0.15) is 5.82 Å². The molecule has 0 N–H and O–H groups in total. The van der Waals surface area contributed by atoms with E-state index in [0.717, 1.165) is 18.2 Å². The number of aryl methyl sites for hydroxylation is 1. The van der Waals surface area contributed by atoms with Crippen LogP contribution in [0.4, 0.5) is 17.6 Å². The summed E-state index contributed by atoms with van der Waals surface area (Å²) in [6.07, 6.45) is -4.91. The Hall–Kier alpha value is -1.39. The SMILES string of the molecule is Cc1cc(F)ccc1C(=O)C(F)(F)F. The summed E-state index contributed by atoms with van der Waals surface area (Å²) in [5, 5.41) is 0. The molecule has 0 aliphatic carbocycles. The fraction of sp³-hybridized carbons (Fsp3) is 0.222. The Labute approximate surface area is 77.3 Å². The highest BCUT2D eigenvalue weighted by atomic mass is 19.4. The number of alkyl halides is 3. The summed E-state index contributed by atoms with van der Waals surface area (Å²) in [4.78, 5) is 10.8. The minimum atomic E-state index is -4.91. The van der Waals surface area contributed by atoms with E-state index in [9.17, 15) is 22.4 Å². The van der Waals surface area contributed by atoms with Gasteiger partial charge in [-0.15, -0.1) is 0 Å². The number of carbonyl (C=O) groups excluding carboxylic acids is 1. The van der Waals surface area contributed by atoms with Crippen molar-refractivity contribution in [3.8, 4) is 0 Å². The average molecular weight is 206 g/mol. The second kappa shape index (κ2) is 3.40. The van der Waals surface area contributed by atoms with Crippen LogP contribution in [-0.2, 0) is 0 Å². The van der Waals surface area contributed by atoms with Gasteiger partial charge < -0.3 is 0 Å². The van der Waals surface area contributed by atoms with Crippen molar-refractivity contribution in [2.45, 2.75) is 13.1 Å². The van der Waals surface area contributed by atoms with Crippen molar-refractivity contribution in [2.24, 2.45) is 0 Å². The highest BCUT2D eigenvalue weighted by molar-refractivity contribution is 6.01.